The van der Waals surface area contributed by atoms with E-state index in [1.807, 2.05) is 89.5 Å². The molecule has 0 atom stereocenters. The molecular weight excluding hydrogens is 481 g/mol. The van der Waals surface area contributed by atoms with E-state index in [0.717, 1.165) is 28.6 Å². The number of hydrogen-bond acceptors (Lipinski definition) is 5. The third-order valence-electron chi connectivity index (χ3n) is 5.72. The minimum absolute atomic E-state index is 0.0878. The van der Waals surface area contributed by atoms with Gasteiger partial charge in [-0.15, -0.1) is 0 Å². The molecule has 0 saturated heterocycles. The zero-order chi connectivity index (χ0) is 25.3. The number of benzene rings is 2. The summed E-state index contributed by atoms with van der Waals surface area (Å²) in [6, 6.07) is 17.2. The summed E-state index contributed by atoms with van der Waals surface area (Å²) in [5.41, 5.74) is 3.69. The molecule has 0 aliphatic carbocycles. The Morgan fingerprint density at radius 1 is 1.03 bits per heavy atom. The molecule has 35 heavy (non-hydrogen) atoms. The lowest BCUT2D eigenvalue weighted by atomic mass is 9.89. The monoisotopic (exact) mass is 509 g/mol. The zero-order valence-corrected chi connectivity index (χ0v) is 22.1. The number of likely N-dealkylation sites (N-methyl/N-ethyl adjacent to an activating group) is 1. The van der Waals surface area contributed by atoms with Gasteiger partial charge in [-0.05, 0) is 43.9 Å². The number of carbonyl (C=O) groups is 1. The van der Waals surface area contributed by atoms with Gasteiger partial charge >= 0.3 is 0 Å². The van der Waals surface area contributed by atoms with E-state index in [2.05, 4.69) is 10.2 Å². The number of hydrogen-bond donors (Lipinski definition) is 1. The summed E-state index contributed by atoms with van der Waals surface area (Å²) < 4.78 is 6.16. The van der Waals surface area contributed by atoms with Gasteiger partial charge in [0.2, 0.25) is 11.5 Å². The van der Waals surface area contributed by atoms with Gasteiger partial charge in [0.1, 0.15) is 0 Å². The van der Waals surface area contributed by atoms with Crippen LogP contribution in [0.2, 0.25) is 10.0 Å². The van der Waals surface area contributed by atoms with Crippen molar-refractivity contribution >= 4 is 45.8 Å². The first-order valence-electron chi connectivity index (χ1n) is 11.5. The summed E-state index contributed by atoms with van der Waals surface area (Å²) in [5.74, 6) is 0.201. The number of anilines is 1. The summed E-state index contributed by atoms with van der Waals surface area (Å²) in [5, 5.41) is 5.41. The number of halogens is 2. The lowest BCUT2D eigenvalue weighted by Gasteiger charge is -2.17. The summed E-state index contributed by atoms with van der Waals surface area (Å²) in [4.78, 5) is 20.3. The lowest BCUT2D eigenvalue weighted by Crippen LogP contribution is -2.23. The van der Waals surface area contributed by atoms with E-state index >= 15 is 0 Å². The molecule has 4 rings (SSSR count). The minimum Gasteiger partial charge on any atom is -0.432 e. The highest BCUT2D eigenvalue weighted by Crippen LogP contribution is 2.41. The highest BCUT2D eigenvalue weighted by Gasteiger charge is 2.31. The summed E-state index contributed by atoms with van der Waals surface area (Å²) >= 11 is 12.7. The molecule has 5 nitrogen and oxygen atoms in total. The molecule has 4 aromatic rings. The molecule has 1 N–H and O–H groups in total. The van der Waals surface area contributed by atoms with Crippen LogP contribution in [0.15, 0.2) is 59.0 Å². The molecule has 0 fully saturated rings. The molecule has 0 amide bonds. The van der Waals surface area contributed by atoms with Gasteiger partial charge in [-0.25, -0.2) is 4.98 Å². The predicted molar refractivity (Wildman–Crippen MR) is 146 cm³/mol. The molecule has 0 radical (unpaired) electrons. The van der Waals surface area contributed by atoms with Crippen molar-refractivity contribution in [2.45, 2.75) is 20.8 Å². The summed E-state index contributed by atoms with van der Waals surface area (Å²) in [7, 11) is 4.01. The normalized spacial score (nSPS) is 11.9. The van der Waals surface area contributed by atoms with Gasteiger partial charge in [0.15, 0.2) is 5.76 Å². The van der Waals surface area contributed by atoms with Crippen LogP contribution in [0.5, 0.6) is 0 Å². The van der Waals surface area contributed by atoms with Crippen molar-refractivity contribution in [1.82, 2.24) is 9.88 Å². The SMILES string of the molecule is CN(C)CCNc1c(C(=O)C(C)(C)C)oc2nc(-c3ccccc3Cl)c(-c3ccc(Cl)cc3)cc12. The first kappa shape index (κ1) is 25.2. The van der Waals surface area contributed by atoms with E-state index in [1.165, 1.54) is 0 Å². The quantitative estimate of drug-likeness (QED) is 0.259. The maximum Gasteiger partial charge on any atom is 0.229 e. The molecule has 0 spiro atoms. The van der Waals surface area contributed by atoms with Crippen LogP contribution < -0.4 is 5.32 Å². The van der Waals surface area contributed by atoms with Gasteiger partial charge in [0.05, 0.1) is 16.8 Å². The number of carbonyl (C=O) groups excluding carboxylic acids is 1. The van der Waals surface area contributed by atoms with Crippen LogP contribution in [0.3, 0.4) is 0 Å². The van der Waals surface area contributed by atoms with Crippen LogP contribution in [-0.2, 0) is 0 Å². The molecule has 2 heterocycles. The van der Waals surface area contributed by atoms with E-state index in [-0.39, 0.29) is 11.5 Å². The Morgan fingerprint density at radius 2 is 1.71 bits per heavy atom. The number of ketones is 1. The highest BCUT2D eigenvalue weighted by atomic mass is 35.5. The fraction of sp³-hybridized carbons (Fsp3) is 0.286. The standard InChI is InChI=1S/C28H29Cl2N3O2/c1-28(2,3)26(34)25-24(31-14-15-33(4)5)21-16-20(17-10-12-18(29)13-11-17)23(32-27(21)35-25)19-8-6-7-9-22(19)30/h6-13,16,31H,14-15H2,1-5H3. The molecule has 0 saturated carbocycles. The number of aromatic nitrogens is 1. The Morgan fingerprint density at radius 3 is 2.34 bits per heavy atom. The fourth-order valence-electron chi connectivity index (χ4n) is 3.81. The molecule has 2 aromatic carbocycles. The minimum atomic E-state index is -0.615. The molecule has 0 aliphatic rings. The largest absolute Gasteiger partial charge is 0.432 e. The Hall–Kier alpha value is -2.86. The number of pyridine rings is 1. The van der Waals surface area contributed by atoms with Crippen LogP contribution in [0.25, 0.3) is 33.5 Å². The fourth-order valence-corrected chi connectivity index (χ4v) is 4.16. The Balaban J connectivity index is 1.99. The van der Waals surface area contributed by atoms with Gasteiger partial charge < -0.3 is 14.6 Å². The van der Waals surface area contributed by atoms with Crippen molar-refractivity contribution in [1.29, 1.82) is 0 Å². The van der Waals surface area contributed by atoms with E-state index in [0.29, 0.717) is 33.7 Å². The van der Waals surface area contributed by atoms with Gasteiger partial charge in [-0.3, -0.25) is 4.79 Å². The number of Topliss-reactive ketones (excluding diaryl/α,β-unsaturated/α-hetero) is 1. The van der Waals surface area contributed by atoms with Crippen molar-refractivity contribution in [3.8, 4) is 22.4 Å². The van der Waals surface area contributed by atoms with Gasteiger partial charge in [0.25, 0.3) is 0 Å². The van der Waals surface area contributed by atoms with E-state index in [1.54, 1.807) is 0 Å². The Bertz CT molecular complexity index is 1370. The summed E-state index contributed by atoms with van der Waals surface area (Å²) in [6.07, 6.45) is 0. The lowest BCUT2D eigenvalue weighted by molar-refractivity contribution is 0.0831. The zero-order valence-electron chi connectivity index (χ0n) is 20.6. The third-order valence-corrected chi connectivity index (χ3v) is 6.30. The van der Waals surface area contributed by atoms with Gasteiger partial charge in [-0.1, -0.05) is 74.3 Å². The van der Waals surface area contributed by atoms with Crippen LogP contribution in [0, 0.1) is 5.41 Å². The number of furan rings is 1. The molecular formula is C28H29Cl2N3O2. The molecule has 2 aromatic heterocycles. The molecule has 7 heteroatoms. The second-order valence-corrected chi connectivity index (χ2v) is 10.7. The van der Waals surface area contributed by atoms with E-state index < -0.39 is 5.41 Å². The number of nitrogens with zero attached hydrogens (tertiary/aromatic N) is 2. The van der Waals surface area contributed by atoms with Gasteiger partial charge in [0, 0.05) is 39.7 Å². The van der Waals surface area contributed by atoms with Crippen molar-refractivity contribution in [3.63, 3.8) is 0 Å². The Kier molecular flexibility index (Phi) is 7.22. The second-order valence-electron chi connectivity index (χ2n) is 9.84. The number of fused-ring (bicyclic) bond motifs is 1. The number of rotatable bonds is 7. The Labute approximate surface area is 216 Å². The van der Waals surface area contributed by atoms with Gasteiger partial charge in [-0.2, -0.15) is 0 Å². The maximum absolute atomic E-state index is 13.3. The third kappa shape index (κ3) is 5.37. The van der Waals surface area contributed by atoms with E-state index in [9.17, 15) is 4.79 Å². The van der Waals surface area contributed by atoms with Crippen LogP contribution in [0.4, 0.5) is 5.69 Å². The molecule has 182 valence electrons. The van der Waals surface area contributed by atoms with Crippen LogP contribution in [0.1, 0.15) is 31.3 Å². The van der Waals surface area contributed by atoms with Crippen molar-refractivity contribution in [2.24, 2.45) is 5.41 Å². The van der Waals surface area contributed by atoms with E-state index in [4.69, 9.17) is 32.6 Å². The number of nitrogens with one attached hydrogen (secondary N) is 1. The highest BCUT2D eigenvalue weighted by molar-refractivity contribution is 6.33. The second kappa shape index (κ2) is 10.0. The smallest absolute Gasteiger partial charge is 0.229 e. The predicted octanol–water partition coefficient (Wildman–Crippen LogP) is 7.67. The summed E-state index contributed by atoms with van der Waals surface area (Å²) in [6.45, 7) is 7.09. The molecule has 0 aliphatic heterocycles. The van der Waals surface area contributed by atoms with Crippen molar-refractivity contribution < 1.29 is 9.21 Å². The molecule has 0 bridgehead atoms. The maximum atomic E-state index is 13.3. The first-order chi connectivity index (χ1) is 16.6. The topological polar surface area (TPSA) is 58.4 Å². The molecule has 0 unspecified atom stereocenters. The average Bonchev–Trinajstić information content (AvgIpc) is 3.15. The van der Waals surface area contributed by atoms with Crippen LogP contribution in [-0.4, -0.2) is 42.9 Å². The van der Waals surface area contributed by atoms with Crippen molar-refractivity contribution in [3.05, 3.63) is 70.4 Å². The van der Waals surface area contributed by atoms with Crippen LogP contribution >= 0.6 is 23.2 Å². The van der Waals surface area contributed by atoms with Crippen molar-refractivity contribution in [2.75, 3.05) is 32.5 Å². The average molecular weight is 510 g/mol. The first-order valence-corrected chi connectivity index (χ1v) is 12.2.